The molecule has 7 nitrogen and oxygen atoms in total. The lowest BCUT2D eigenvalue weighted by Gasteiger charge is -2.34. The molecular weight excluding hydrogens is 436 g/mol. The number of amides is 3. The van der Waals surface area contributed by atoms with Gasteiger partial charge in [0, 0.05) is 32.7 Å². The molecular formula is C25H26N4O3S. The number of nitrogens with one attached hydrogen (secondary N) is 2. The van der Waals surface area contributed by atoms with Gasteiger partial charge in [0.2, 0.25) is 5.91 Å². The molecule has 3 aromatic rings. The molecule has 1 saturated heterocycles. The molecule has 0 radical (unpaired) electrons. The molecule has 33 heavy (non-hydrogen) atoms. The SMILES string of the molecule is O=C(CN1CCN(C(=O)c2ccccc2NC(=O)c2cccs2)CC1)NCc1ccccc1. The van der Waals surface area contributed by atoms with Gasteiger partial charge in [-0.25, -0.2) is 0 Å². The molecule has 1 fully saturated rings. The highest BCUT2D eigenvalue weighted by molar-refractivity contribution is 7.12. The van der Waals surface area contributed by atoms with Gasteiger partial charge in [-0.05, 0) is 29.1 Å². The number of carbonyl (C=O) groups is 3. The molecule has 8 heteroatoms. The standard InChI is InChI=1S/C25H26N4O3S/c30-23(26-17-19-7-2-1-3-8-19)18-28-12-14-29(15-13-28)25(32)20-9-4-5-10-21(20)27-24(31)22-11-6-16-33-22/h1-11,16H,12-15,17-18H2,(H,26,30)(H,27,31). The molecule has 170 valence electrons. The molecule has 4 rings (SSSR count). The summed E-state index contributed by atoms with van der Waals surface area (Å²) in [6.45, 7) is 3.10. The average molecular weight is 463 g/mol. The van der Waals surface area contributed by atoms with E-state index in [1.54, 1.807) is 35.2 Å². The normalized spacial score (nSPS) is 14.0. The Balaban J connectivity index is 1.29. The summed E-state index contributed by atoms with van der Waals surface area (Å²) in [5.41, 5.74) is 2.03. The molecule has 2 N–H and O–H groups in total. The van der Waals surface area contributed by atoms with Crippen LogP contribution in [0.3, 0.4) is 0 Å². The van der Waals surface area contributed by atoms with Gasteiger partial charge in [0.05, 0.1) is 22.7 Å². The molecule has 3 amide bonds. The Kier molecular flexibility index (Phi) is 7.49. The lowest BCUT2D eigenvalue weighted by Crippen LogP contribution is -2.51. The Morgan fingerprint density at radius 3 is 2.30 bits per heavy atom. The molecule has 0 aliphatic carbocycles. The van der Waals surface area contributed by atoms with Crippen LogP contribution in [0.25, 0.3) is 0 Å². The van der Waals surface area contributed by atoms with Gasteiger partial charge in [0.1, 0.15) is 0 Å². The second-order valence-corrected chi connectivity index (χ2v) is 8.76. The van der Waals surface area contributed by atoms with Crippen LogP contribution in [-0.4, -0.2) is 60.2 Å². The van der Waals surface area contributed by atoms with Crippen molar-refractivity contribution in [3.05, 3.63) is 88.1 Å². The fourth-order valence-electron chi connectivity index (χ4n) is 3.71. The van der Waals surface area contributed by atoms with Gasteiger partial charge in [0.25, 0.3) is 11.8 Å². The quantitative estimate of drug-likeness (QED) is 0.566. The van der Waals surface area contributed by atoms with E-state index in [0.29, 0.717) is 55.4 Å². The van der Waals surface area contributed by atoms with Crippen LogP contribution >= 0.6 is 11.3 Å². The van der Waals surface area contributed by atoms with Gasteiger partial charge < -0.3 is 15.5 Å². The number of nitrogens with zero attached hydrogens (tertiary/aromatic N) is 2. The number of piperazine rings is 1. The van der Waals surface area contributed by atoms with E-state index in [2.05, 4.69) is 15.5 Å². The molecule has 0 unspecified atom stereocenters. The number of rotatable bonds is 7. The first-order valence-corrected chi connectivity index (χ1v) is 11.7. The van der Waals surface area contributed by atoms with Crippen LogP contribution in [0.5, 0.6) is 0 Å². The summed E-state index contributed by atoms with van der Waals surface area (Å²) in [4.78, 5) is 42.3. The molecule has 2 aromatic carbocycles. The zero-order valence-corrected chi connectivity index (χ0v) is 19.0. The minimum atomic E-state index is -0.225. The number of thiophene rings is 1. The number of para-hydroxylation sites is 1. The van der Waals surface area contributed by atoms with Crippen LogP contribution in [0.1, 0.15) is 25.6 Å². The predicted octanol–water partition coefficient (Wildman–Crippen LogP) is 3.07. The van der Waals surface area contributed by atoms with E-state index in [1.807, 2.05) is 41.8 Å². The van der Waals surface area contributed by atoms with Gasteiger partial charge >= 0.3 is 0 Å². The highest BCUT2D eigenvalue weighted by atomic mass is 32.1. The minimum absolute atomic E-state index is 0.0275. The van der Waals surface area contributed by atoms with Crippen LogP contribution in [-0.2, 0) is 11.3 Å². The molecule has 0 atom stereocenters. The third-order valence-corrected chi connectivity index (χ3v) is 6.38. The highest BCUT2D eigenvalue weighted by Gasteiger charge is 2.25. The topological polar surface area (TPSA) is 81.8 Å². The zero-order valence-electron chi connectivity index (χ0n) is 18.2. The monoisotopic (exact) mass is 462 g/mol. The molecule has 0 bridgehead atoms. The third-order valence-electron chi connectivity index (χ3n) is 5.51. The maximum Gasteiger partial charge on any atom is 0.265 e. The van der Waals surface area contributed by atoms with Crippen LogP contribution in [0.4, 0.5) is 5.69 Å². The van der Waals surface area contributed by atoms with Gasteiger partial charge in [0.15, 0.2) is 0 Å². The summed E-state index contributed by atoms with van der Waals surface area (Å²) in [5, 5.41) is 7.64. The lowest BCUT2D eigenvalue weighted by molar-refractivity contribution is -0.122. The molecule has 2 heterocycles. The minimum Gasteiger partial charge on any atom is -0.351 e. The van der Waals surface area contributed by atoms with E-state index in [0.717, 1.165) is 5.56 Å². The molecule has 1 aliphatic heterocycles. The number of benzene rings is 2. The van der Waals surface area contributed by atoms with Crippen molar-refractivity contribution >= 4 is 34.7 Å². The number of carbonyl (C=O) groups excluding carboxylic acids is 3. The van der Waals surface area contributed by atoms with Crippen molar-refractivity contribution in [2.75, 3.05) is 38.0 Å². The van der Waals surface area contributed by atoms with Crippen molar-refractivity contribution in [3.63, 3.8) is 0 Å². The van der Waals surface area contributed by atoms with E-state index in [-0.39, 0.29) is 17.7 Å². The molecule has 1 aromatic heterocycles. The molecule has 1 aliphatic rings. The van der Waals surface area contributed by atoms with Gasteiger partial charge in [-0.1, -0.05) is 48.5 Å². The van der Waals surface area contributed by atoms with Gasteiger partial charge in [-0.15, -0.1) is 11.3 Å². The van der Waals surface area contributed by atoms with E-state index in [1.165, 1.54) is 11.3 Å². The Morgan fingerprint density at radius 2 is 1.58 bits per heavy atom. The smallest absolute Gasteiger partial charge is 0.265 e. The van der Waals surface area contributed by atoms with E-state index in [4.69, 9.17) is 0 Å². The summed E-state index contributed by atoms with van der Waals surface area (Å²) < 4.78 is 0. The van der Waals surface area contributed by atoms with Crippen molar-refractivity contribution in [1.82, 2.24) is 15.1 Å². The van der Waals surface area contributed by atoms with Crippen molar-refractivity contribution in [2.45, 2.75) is 6.54 Å². The first kappa shape index (κ1) is 22.7. The first-order chi connectivity index (χ1) is 16.1. The van der Waals surface area contributed by atoms with Crippen molar-refractivity contribution < 1.29 is 14.4 Å². The summed E-state index contributed by atoms with van der Waals surface area (Å²) in [6, 6.07) is 20.4. The highest BCUT2D eigenvalue weighted by Crippen LogP contribution is 2.20. The van der Waals surface area contributed by atoms with E-state index >= 15 is 0 Å². The van der Waals surface area contributed by atoms with Crippen molar-refractivity contribution in [2.24, 2.45) is 0 Å². The molecule has 0 saturated carbocycles. The second-order valence-electron chi connectivity index (χ2n) is 7.81. The van der Waals surface area contributed by atoms with E-state index < -0.39 is 0 Å². The summed E-state index contributed by atoms with van der Waals surface area (Å²) in [5.74, 6) is -0.373. The largest absolute Gasteiger partial charge is 0.351 e. The Morgan fingerprint density at radius 1 is 0.848 bits per heavy atom. The van der Waals surface area contributed by atoms with Gasteiger partial charge in [-0.3, -0.25) is 19.3 Å². The average Bonchev–Trinajstić information content (AvgIpc) is 3.39. The summed E-state index contributed by atoms with van der Waals surface area (Å²) >= 11 is 1.35. The zero-order chi connectivity index (χ0) is 23.0. The molecule has 0 spiro atoms. The number of hydrogen-bond donors (Lipinski definition) is 2. The van der Waals surface area contributed by atoms with Crippen molar-refractivity contribution in [1.29, 1.82) is 0 Å². The maximum absolute atomic E-state index is 13.2. The summed E-state index contributed by atoms with van der Waals surface area (Å²) in [6.07, 6.45) is 0. The van der Waals surface area contributed by atoms with Crippen LogP contribution in [0.2, 0.25) is 0 Å². The Labute approximate surface area is 197 Å². The van der Waals surface area contributed by atoms with E-state index in [9.17, 15) is 14.4 Å². The predicted molar refractivity (Wildman–Crippen MR) is 129 cm³/mol. The fourth-order valence-corrected chi connectivity index (χ4v) is 4.32. The number of hydrogen-bond acceptors (Lipinski definition) is 5. The van der Waals surface area contributed by atoms with Crippen LogP contribution in [0, 0.1) is 0 Å². The number of anilines is 1. The first-order valence-electron chi connectivity index (χ1n) is 10.9. The van der Waals surface area contributed by atoms with Crippen molar-refractivity contribution in [3.8, 4) is 0 Å². The Hall–Kier alpha value is -3.49. The second kappa shape index (κ2) is 10.9. The van der Waals surface area contributed by atoms with Crippen LogP contribution in [0.15, 0.2) is 72.1 Å². The maximum atomic E-state index is 13.2. The Bertz CT molecular complexity index is 1090. The lowest BCUT2D eigenvalue weighted by atomic mass is 10.1. The van der Waals surface area contributed by atoms with Crippen LogP contribution < -0.4 is 10.6 Å². The van der Waals surface area contributed by atoms with Gasteiger partial charge in [-0.2, -0.15) is 0 Å². The third kappa shape index (κ3) is 6.06. The fraction of sp³-hybridized carbons (Fsp3) is 0.240. The summed E-state index contributed by atoms with van der Waals surface area (Å²) in [7, 11) is 0.